The summed E-state index contributed by atoms with van der Waals surface area (Å²) < 4.78 is 2.03. The van der Waals surface area contributed by atoms with Crippen LogP contribution in [0.2, 0.25) is 0 Å². The van der Waals surface area contributed by atoms with Gasteiger partial charge in [0.05, 0.1) is 0 Å². The molecule has 0 unspecified atom stereocenters. The summed E-state index contributed by atoms with van der Waals surface area (Å²) in [4.78, 5) is 10.3. The van der Waals surface area contributed by atoms with E-state index >= 15 is 0 Å². The third kappa shape index (κ3) is 3.09. The molecular formula is C10H8BrIO2. The van der Waals surface area contributed by atoms with Crippen LogP contribution in [0, 0.1) is 10.5 Å². The maximum absolute atomic E-state index is 10.3. The number of hydrogen-bond donors (Lipinski definition) is 1. The van der Waals surface area contributed by atoms with Gasteiger partial charge in [0.15, 0.2) is 0 Å². The van der Waals surface area contributed by atoms with Crippen LogP contribution in [-0.4, -0.2) is 11.1 Å². The standard InChI is InChI=1S/C10H8BrIO2/c1-6-4-9(12)7(5-8(6)11)2-3-10(13)14/h2-5H,1H3,(H,13,14)/b3-2+. The van der Waals surface area contributed by atoms with Crippen molar-refractivity contribution in [1.82, 2.24) is 0 Å². The molecule has 0 fully saturated rings. The van der Waals surface area contributed by atoms with E-state index in [2.05, 4.69) is 38.5 Å². The van der Waals surface area contributed by atoms with Gasteiger partial charge in [-0.15, -0.1) is 0 Å². The minimum Gasteiger partial charge on any atom is -0.478 e. The number of aryl methyl sites for hydroxylation is 1. The average Bonchev–Trinajstić information content (AvgIpc) is 2.09. The monoisotopic (exact) mass is 366 g/mol. The maximum Gasteiger partial charge on any atom is 0.328 e. The lowest BCUT2D eigenvalue weighted by Gasteiger charge is -2.02. The first-order chi connectivity index (χ1) is 6.50. The van der Waals surface area contributed by atoms with Crippen molar-refractivity contribution in [3.8, 4) is 0 Å². The number of hydrogen-bond acceptors (Lipinski definition) is 1. The lowest BCUT2D eigenvalue weighted by atomic mass is 10.1. The molecule has 0 saturated heterocycles. The highest BCUT2D eigenvalue weighted by Gasteiger charge is 2.01. The van der Waals surface area contributed by atoms with E-state index in [0.717, 1.165) is 25.2 Å². The smallest absolute Gasteiger partial charge is 0.328 e. The zero-order valence-electron chi connectivity index (χ0n) is 7.42. The molecule has 0 aromatic heterocycles. The predicted molar refractivity (Wildman–Crippen MR) is 68.3 cm³/mol. The minimum atomic E-state index is -0.933. The van der Waals surface area contributed by atoms with Crippen molar-refractivity contribution in [3.05, 3.63) is 37.4 Å². The second kappa shape index (κ2) is 4.93. The lowest BCUT2D eigenvalue weighted by Crippen LogP contribution is -1.88. The summed E-state index contributed by atoms with van der Waals surface area (Å²) in [5.74, 6) is -0.933. The zero-order valence-corrected chi connectivity index (χ0v) is 11.2. The molecule has 1 aromatic carbocycles. The van der Waals surface area contributed by atoms with Gasteiger partial charge >= 0.3 is 5.97 Å². The van der Waals surface area contributed by atoms with Crippen LogP contribution in [0.5, 0.6) is 0 Å². The highest BCUT2D eigenvalue weighted by molar-refractivity contribution is 14.1. The molecule has 0 atom stereocenters. The number of aliphatic carboxylic acids is 1. The van der Waals surface area contributed by atoms with Crippen LogP contribution in [0.3, 0.4) is 0 Å². The summed E-state index contributed by atoms with van der Waals surface area (Å²) >= 11 is 5.59. The molecule has 0 saturated carbocycles. The number of carbonyl (C=O) groups is 1. The van der Waals surface area contributed by atoms with Crippen molar-refractivity contribution in [2.45, 2.75) is 6.92 Å². The van der Waals surface area contributed by atoms with E-state index in [9.17, 15) is 4.79 Å². The highest BCUT2D eigenvalue weighted by Crippen LogP contribution is 2.23. The number of halogens is 2. The van der Waals surface area contributed by atoms with Gasteiger partial charge in [0.25, 0.3) is 0 Å². The predicted octanol–water partition coefficient (Wildman–Crippen LogP) is 3.46. The van der Waals surface area contributed by atoms with E-state index in [-0.39, 0.29) is 0 Å². The summed E-state index contributed by atoms with van der Waals surface area (Å²) in [6.07, 6.45) is 2.73. The van der Waals surface area contributed by atoms with Gasteiger partial charge in [0.1, 0.15) is 0 Å². The summed E-state index contributed by atoms with van der Waals surface area (Å²) in [5.41, 5.74) is 2.05. The fraction of sp³-hybridized carbons (Fsp3) is 0.100. The van der Waals surface area contributed by atoms with Gasteiger partial charge in [-0.3, -0.25) is 0 Å². The van der Waals surface area contributed by atoms with Gasteiger partial charge in [-0.05, 0) is 58.9 Å². The summed E-state index contributed by atoms with van der Waals surface area (Å²) in [6.45, 7) is 2.00. The molecule has 0 radical (unpaired) electrons. The van der Waals surface area contributed by atoms with Crippen molar-refractivity contribution in [2.24, 2.45) is 0 Å². The van der Waals surface area contributed by atoms with Crippen molar-refractivity contribution >= 4 is 50.6 Å². The van der Waals surface area contributed by atoms with Crippen LogP contribution in [-0.2, 0) is 4.79 Å². The molecule has 2 nitrogen and oxygen atoms in total. The Morgan fingerprint density at radius 3 is 2.79 bits per heavy atom. The molecule has 0 spiro atoms. The summed E-state index contributed by atoms with van der Waals surface area (Å²) in [6, 6.07) is 3.92. The topological polar surface area (TPSA) is 37.3 Å². The van der Waals surface area contributed by atoms with E-state index in [1.165, 1.54) is 0 Å². The van der Waals surface area contributed by atoms with Crippen LogP contribution in [0.1, 0.15) is 11.1 Å². The minimum absolute atomic E-state index is 0.908. The lowest BCUT2D eigenvalue weighted by molar-refractivity contribution is -0.131. The number of rotatable bonds is 2. The van der Waals surface area contributed by atoms with Crippen LogP contribution in [0.25, 0.3) is 6.08 Å². The molecule has 0 amide bonds. The quantitative estimate of drug-likeness (QED) is 0.642. The summed E-state index contributed by atoms with van der Waals surface area (Å²) in [7, 11) is 0. The van der Waals surface area contributed by atoms with E-state index in [1.807, 2.05) is 19.1 Å². The Balaban J connectivity index is 3.10. The Morgan fingerprint density at radius 1 is 1.57 bits per heavy atom. The van der Waals surface area contributed by atoms with Crippen molar-refractivity contribution in [2.75, 3.05) is 0 Å². The zero-order chi connectivity index (χ0) is 10.7. The normalized spacial score (nSPS) is 10.8. The third-order valence-corrected chi connectivity index (χ3v) is 3.47. The van der Waals surface area contributed by atoms with Gasteiger partial charge in [-0.2, -0.15) is 0 Å². The molecule has 1 N–H and O–H groups in total. The third-order valence-electron chi connectivity index (χ3n) is 1.68. The second-order valence-electron chi connectivity index (χ2n) is 2.79. The van der Waals surface area contributed by atoms with Crippen molar-refractivity contribution in [3.63, 3.8) is 0 Å². The first-order valence-corrected chi connectivity index (χ1v) is 5.74. The van der Waals surface area contributed by atoms with Gasteiger partial charge < -0.3 is 5.11 Å². The van der Waals surface area contributed by atoms with Gasteiger partial charge in [-0.1, -0.05) is 15.9 Å². The molecular weight excluding hydrogens is 359 g/mol. The second-order valence-corrected chi connectivity index (χ2v) is 4.81. The van der Waals surface area contributed by atoms with Crippen molar-refractivity contribution in [1.29, 1.82) is 0 Å². The number of carboxylic acids is 1. The van der Waals surface area contributed by atoms with E-state index < -0.39 is 5.97 Å². The Morgan fingerprint density at radius 2 is 2.21 bits per heavy atom. The number of benzene rings is 1. The summed E-state index contributed by atoms with van der Waals surface area (Å²) in [5, 5.41) is 8.49. The van der Waals surface area contributed by atoms with E-state index in [0.29, 0.717) is 0 Å². The largest absolute Gasteiger partial charge is 0.478 e. The Bertz CT molecular complexity index is 399. The van der Waals surface area contributed by atoms with Crippen LogP contribution < -0.4 is 0 Å². The molecule has 0 bridgehead atoms. The van der Waals surface area contributed by atoms with Gasteiger partial charge in [0, 0.05) is 14.1 Å². The maximum atomic E-state index is 10.3. The first-order valence-electron chi connectivity index (χ1n) is 3.87. The Hall–Kier alpha value is -0.360. The van der Waals surface area contributed by atoms with E-state index in [1.54, 1.807) is 6.08 Å². The van der Waals surface area contributed by atoms with Crippen LogP contribution in [0.15, 0.2) is 22.7 Å². The molecule has 0 heterocycles. The molecule has 0 aliphatic rings. The molecule has 1 rings (SSSR count). The van der Waals surface area contributed by atoms with Gasteiger partial charge in [-0.25, -0.2) is 4.79 Å². The molecule has 1 aromatic rings. The number of carboxylic acid groups (broad SMARTS) is 1. The first kappa shape index (κ1) is 11.7. The van der Waals surface area contributed by atoms with Crippen LogP contribution >= 0.6 is 38.5 Å². The average molecular weight is 367 g/mol. The highest BCUT2D eigenvalue weighted by atomic mass is 127. The molecule has 74 valence electrons. The Labute approximate surface area is 104 Å². The fourth-order valence-corrected chi connectivity index (χ4v) is 2.11. The van der Waals surface area contributed by atoms with E-state index in [4.69, 9.17) is 5.11 Å². The molecule has 0 aliphatic carbocycles. The van der Waals surface area contributed by atoms with Gasteiger partial charge in [0.2, 0.25) is 0 Å². The fourth-order valence-electron chi connectivity index (χ4n) is 0.950. The molecule has 4 heteroatoms. The van der Waals surface area contributed by atoms with Crippen molar-refractivity contribution < 1.29 is 9.90 Å². The molecule has 0 aliphatic heterocycles. The molecule has 14 heavy (non-hydrogen) atoms. The Kier molecular flexibility index (Phi) is 4.12. The van der Waals surface area contributed by atoms with Crippen LogP contribution in [0.4, 0.5) is 0 Å². The SMILES string of the molecule is Cc1cc(I)c(/C=C/C(=O)O)cc1Br.